The van der Waals surface area contributed by atoms with Gasteiger partial charge in [0.2, 0.25) is 11.8 Å². The zero-order chi connectivity index (χ0) is 29.4. The molecular weight excluding hydrogens is 550 g/mol. The molecule has 0 bridgehead atoms. The van der Waals surface area contributed by atoms with Crippen LogP contribution in [0.2, 0.25) is 5.02 Å². The average Bonchev–Trinajstić information content (AvgIpc) is 2.92. The number of sulfonamides is 1. The number of carbonyl (C=O) groups is 2. The second-order valence-corrected chi connectivity index (χ2v) is 12.0. The van der Waals surface area contributed by atoms with E-state index in [0.29, 0.717) is 28.4 Å². The molecule has 3 aromatic carbocycles. The van der Waals surface area contributed by atoms with Crippen LogP contribution in [0.25, 0.3) is 0 Å². The lowest BCUT2D eigenvalue weighted by molar-refractivity contribution is -0.140. The number of nitrogens with zero attached hydrogens (tertiary/aromatic N) is 2. The molecule has 214 valence electrons. The number of ether oxygens (including phenoxy) is 1. The average molecular weight is 586 g/mol. The SMILES string of the molecule is CCC(C(=O)NC(C)C)N(Cc1ccccc1Cl)C(=O)CN(c1ccc(C)cc1)S(=O)(=O)c1ccc(OC)cc1. The summed E-state index contributed by atoms with van der Waals surface area (Å²) < 4.78 is 34.1. The summed E-state index contributed by atoms with van der Waals surface area (Å²) in [6.45, 7) is 6.89. The minimum absolute atomic E-state index is 0.00363. The molecule has 0 aliphatic heterocycles. The van der Waals surface area contributed by atoms with Crippen LogP contribution in [0.4, 0.5) is 5.69 Å². The Morgan fingerprint density at radius 1 is 0.975 bits per heavy atom. The van der Waals surface area contributed by atoms with Gasteiger partial charge in [-0.3, -0.25) is 13.9 Å². The largest absolute Gasteiger partial charge is 0.497 e. The van der Waals surface area contributed by atoms with Gasteiger partial charge in [0, 0.05) is 17.6 Å². The maximum Gasteiger partial charge on any atom is 0.264 e. The Morgan fingerprint density at radius 3 is 2.15 bits per heavy atom. The number of hydrogen-bond donors (Lipinski definition) is 1. The molecule has 0 aliphatic rings. The van der Waals surface area contributed by atoms with E-state index in [0.717, 1.165) is 9.87 Å². The number of amides is 2. The van der Waals surface area contributed by atoms with Crippen molar-refractivity contribution in [2.24, 2.45) is 0 Å². The summed E-state index contributed by atoms with van der Waals surface area (Å²) >= 11 is 6.42. The van der Waals surface area contributed by atoms with Gasteiger partial charge in [-0.25, -0.2) is 8.42 Å². The molecule has 0 heterocycles. The second-order valence-electron chi connectivity index (χ2n) is 9.72. The van der Waals surface area contributed by atoms with Gasteiger partial charge in [0.1, 0.15) is 18.3 Å². The zero-order valence-corrected chi connectivity index (χ0v) is 25.0. The number of halogens is 1. The van der Waals surface area contributed by atoms with Crippen LogP contribution in [0.15, 0.2) is 77.7 Å². The molecule has 0 saturated carbocycles. The van der Waals surface area contributed by atoms with Crippen LogP contribution in [-0.4, -0.2) is 50.9 Å². The third-order valence-electron chi connectivity index (χ3n) is 6.36. The molecular formula is C30H36ClN3O5S. The second kappa shape index (κ2) is 13.7. The van der Waals surface area contributed by atoms with Crippen molar-refractivity contribution in [1.82, 2.24) is 10.2 Å². The Kier molecular flexibility index (Phi) is 10.6. The summed E-state index contributed by atoms with van der Waals surface area (Å²) in [6.07, 6.45) is 0.324. The lowest BCUT2D eigenvalue weighted by atomic mass is 10.1. The Bertz CT molecular complexity index is 1410. The van der Waals surface area contributed by atoms with Gasteiger partial charge < -0.3 is 15.0 Å². The fourth-order valence-electron chi connectivity index (χ4n) is 4.23. The van der Waals surface area contributed by atoms with Crippen molar-refractivity contribution in [1.29, 1.82) is 0 Å². The fraction of sp³-hybridized carbons (Fsp3) is 0.333. The third-order valence-corrected chi connectivity index (χ3v) is 8.52. The summed E-state index contributed by atoms with van der Waals surface area (Å²) in [5.74, 6) is -0.356. The van der Waals surface area contributed by atoms with Gasteiger partial charge in [-0.05, 0) is 75.2 Å². The van der Waals surface area contributed by atoms with E-state index in [4.69, 9.17) is 16.3 Å². The molecule has 0 fully saturated rings. The van der Waals surface area contributed by atoms with Gasteiger partial charge >= 0.3 is 0 Å². The molecule has 1 atom stereocenters. The number of benzene rings is 3. The van der Waals surface area contributed by atoms with Crippen LogP contribution in [0.5, 0.6) is 5.75 Å². The smallest absolute Gasteiger partial charge is 0.264 e. The quantitative estimate of drug-likeness (QED) is 0.316. The molecule has 40 heavy (non-hydrogen) atoms. The van der Waals surface area contributed by atoms with Gasteiger partial charge in [0.15, 0.2) is 0 Å². The lowest BCUT2D eigenvalue weighted by Crippen LogP contribution is -2.53. The first-order valence-corrected chi connectivity index (χ1v) is 14.9. The highest BCUT2D eigenvalue weighted by Gasteiger charge is 2.34. The first kappa shape index (κ1) is 31.0. The lowest BCUT2D eigenvalue weighted by Gasteiger charge is -2.33. The summed E-state index contributed by atoms with van der Waals surface area (Å²) in [5.41, 5.74) is 1.91. The minimum atomic E-state index is -4.17. The Morgan fingerprint density at radius 2 is 1.60 bits per heavy atom. The van der Waals surface area contributed by atoms with Crippen LogP contribution < -0.4 is 14.4 Å². The van der Waals surface area contributed by atoms with Crippen molar-refractivity contribution < 1.29 is 22.7 Å². The Labute approximate surface area is 241 Å². The Hall–Kier alpha value is -3.56. The number of rotatable bonds is 12. The third kappa shape index (κ3) is 7.55. The predicted molar refractivity (Wildman–Crippen MR) is 158 cm³/mol. The molecule has 8 nitrogen and oxygen atoms in total. The summed E-state index contributed by atoms with van der Waals surface area (Å²) in [7, 11) is -2.68. The predicted octanol–water partition coefficient (Wildman–Crippen LogP) is 5.18. The number of anilines is 1. The van der Waals surface area contributed by atoms with E-state index in [1.165, 1.54) is 24.1 Å². The standard InChI is InChI=1S/C30H36ClN3O5S/c1-6-28(30(36)32-21(2)3)33(19-23-9-7-8-10-27(23)31)29(35)20-34(24-13-11-22(4)12-14-24)40(37,38)26-17-15-25(39-5)16-18-26/h7-18,21,28H,6,19-20H2,1-5H3,(H,32,36). The first-order valence-electron chi connectivity index (χ1n) is 13.0. The number of methoxy groups -OCH3 is 1. The summed E-state index contributed by atoms with van der Waals surface area (Å²) in [5, 5.41) is 3.32. The van der Waals surface area contributed by atoms with Gasteiger partial charge in [-0.15, -0.1) is 0 Å². The molecule has 3 rings (SSSR count). The van der Waals surface area contributed by atoms with E-state index in [1.54, 1.807) is 60.7 Å². The summed E-state index contributed by atoms with van der Waals surface area (Å²) in [4.78, 5) is 28.7. The maximum atomic E-state index is 14.1. The van der Waals surface area contributed by atoms with Crippen molar-refractivity contribution in [3.63, 3.8) is 0 Å². The number of hydrogen-bond acceptors (Lipinski definition) is 5. The molecule has 1 unspecified atom stereocenters. The minimum Gasteiger partial charge on any atom is -0.497 e. The highest BCUT2D eigenvalue weighted by molar-refractivity contribution is 7.92. The molecule has 2 amide bonds. The van der Waals surface area contributed by atoms with E-state index in [2.05, 4.69) is 5.32 Å². The van der Waals surface area contributed by atoms with E-state index in [9.17, 15) is 18.0 Å². The highest BCUT2D eigenvalue weighted by atomic mass is 35.5. The molecule has 1 N–H and O–H groups in total. The highest BCUT2D eigenvalue weighted by Crippen LogP contribution is 2.27. The van der Waals surface area contributed by atoms with Crippen molar-refractivity contribution in [3.8, 4) is 5.75 Å². The van der Waals surface area contributed by atoms with E-state index >= 15 is 0 Å². The topological polar surface area (TPSA) is 96.0 Å². The number of aryl methyl sites for hydroxylation is 1. The first-order chi connectivity index (χ1) is 19.0. The van der Waals surface area contributed by atoms with Crippen LogP contribution in [-0.2, 0) is 26.2 Å². The van der Waals surface area contributed by atoms with Crippen molar-refractivity contribution >= 4 is 39.1 Å². The molecule has 0 aromatic heterocycles. The molecule has 10 heteroatoms. The van der Waals surface area contributed by atoms with E-state index < -0.39 is 28.5 Å². The van der Waals surface area contributed by atoms with Gasteiger partial charge in [-0.1, -0.05) is 54.4 Å². The zero-order valence-electron chi connectivity index (χ0n) is 23.4. The molecule has 3 aromatic rings. The van der Waals surface area contributed by atoms with Crippen LogP contribution >= 0.6 is 11.6 Å². The number of nitrogens with one attached hydrogen (secondary N) is 1. The van der Waals surface area contributed by atoms with Crippen molar-refractivity contribution in [3.05, 3.63) is 88.9 Å². The van der Waals surface area contributed by atoms with Crippen LogP contribution in [0, 0.1) is 6.92 Å². The van der Waals surface area contributed by atoms with Gasteiger partial charge in [-0.2, -0.15) is 0 Å². The summed E-state index contributed by atoms with van der Waals surface area (Å²) in [6, 6.07) is 18.9. The molecule has 0 spiro atoms. The molecule has 0 radical (unpaired) electrons. The normalized spacial score (nSPS) is 12.1. The molecule has 0 aliphatic carbocycles. The Balaban J connectivity index is 2.07. The fourth-order valence-corrected chi connectivity index (χ4v) is 5.83. The van der Waals surface area contributed by atoms with Gasteiger partial charge in [0.05, 0.1) is 17.7 Å². The van der Waals surface area contributed by atoms with Crippen LogP contribution in [0.1, 0.15) is 38.3 Å². The maximum absolute atomic E-state index is 14.1. The number of carbonyl (C=O) groups excluding carboxylic acids is 2. The van der Waals surface area contributed by atoms with Crippen molar-refractivity contribution in [2.75, 3.05) is 18.0 Å². The van der Waals surface area contributed by atoms with Crippen LogP contribution in [0.3, 0.4) is 0 Å². The van der Waals surface area contributed by atoms with Gasteiger partial charge in [0.25, 0.3) is 10.0 Å². The molecule has 0 saturated heterocycles. The van der Waals surface area contributed by atoms with Crippen molar-refractivity contribution in [2.45, 2.75) is 57.6 Å². The monoisotopic (exact) mass is 585 g/mol. The van der Waals surface area contributed by atoms with E-state index in [1.807, 2.05) is 27.7 Å². The van der Waals surface area contributed by atoms with E-state index in [-0.39, 0.29) is 23.4 Å².